The Morgan fingerprint density at radius 2 is 1.69 bits per heavy atom. The maximum atomic E-state index is 12.8. The third kappa shape index (κ3) is 3.96. The average molecular weight is 375 g/mol. The number of aryl methyl sites for hydroxylation is 2. The predicted octanol–water partition coefficient (Wildman–Crippen LogP) is 2.04. The number of hydrogen-bond acceptors (Lipinski definition) is 6. The molecule has 0 bridgehead atoms. The van der Waals surface area contributed by atoms with Crippen LogP contribution < -0.4 is 10.2 Å². The van der Waals surface area contributed by atoms with E-state index in [-0.39, 0.29) is 0 Å². The van der Waals surface area contributed by atoms with E-state index in [9.17, 15) is 8.42 Å². The maximum Gasteiger partial charge on any atom is 0.243 e. The van der Waals surface area contributed by atoms with Crippen molar-refractivity contribution in [2.75, 3.05) is 42.9 Å². The molecule has 1 N–H and O–H groups in total. The second-order valence-corrected chi connectivity index (χ2v) is 8.36. The topological polar surface area (TPSA) is 78.4 Å². The van der Waals surface area contributed by atoms with Gasteiger partial charge in [0.05, 0.1) is 4.90 Å². The summed E-state index contributed by atoms with van der Waals surface area (Å²) < 4.78 is 27.2. The Bertz CT molecular complexity index is 860. The number of nitrogens with zero attached hydrogens (tertiary/aromatic N) is 4. The van der Waals surface area contributed by atoms with Gasteiger partial charge in [-0.1, -0.05) is 17.7 Å². The molecule has 1 aliphatic heterocycles. The molecule has 1 aliphatic rings. The van der Waals surface area contributed by atoms with Crippen molar-refractivity contribution in [3.63, 3.8) is 0 Å². The lowest BCUT2D eigenvalue weighted by Crippen LogP contribution is -2.49. The van der Waals surface area contributed by atoms with Crippen LogP contribution in [0.4, 0.5) is 11.8 Å². The van der Waals surface area contributed by atoms with E-state index in [1.807, 2.05) is 39.0 Å². The van der Waals surface area contributed by atoms with Crippen molar-refractivity contribution in [3.05, 3.63) is 41.6 Å². The van der Waals surface area contributed by atoms with Crippen LogP contribution in [-0.4, -0.2) is 55.4 Å². The van der Waals surface area contributed by atoms with Crippen molar-refractivity contribution >= 4 is 21.8 Å². The van der Waals surface area contributed by atoms with Crippen molar-refractivity contribution in [2.24, 2.45) is 0 Å². The minimum absolute atomic E-state index is 0.351. The lowest BCUT2D eigenvalue weighted by molar-refractivity contribution is 0.384. The zero-order chi connectivity index (χ0) is 18.7. The summed E-state index contributed by atoms with van der Waals surface area (Å²) >= 11 is 0. The van der Waals surface area contributed by atoms with E-state index in [1.54, 1.807) is 16.4 Å². The van der Waals surface area contributed by atoms with Gasteiger partial charge in [-0.2, -0.15) is 9.29 Å². The van der Waals surface area contributed by atoms with E-state index < -0.39 is 10.0 Å². The Morgan fingerprint density at radius 3 is 2.31 bits per heavy atom. The maximum absolute atomic E-state index is 12.8. The highest BCUT2D eigenvalue weighted by molar-refractivity contribution is 7.89. The van der Waals surface area contributed by atoms with Crippen LogP contribution in [0.5, 0.6) is 0 Å². The van der Waals surface area contributed by atoms with E-state index >= 15 is 0 Å². The zero-order valence-corrected chi connectivity index (χ0v) is 16.3. The van der Waals surface area contributed by atoms with Gasteiger partial charge in [-0.3, -0.25) is 0 Å². The van der Waals surface area contributed by atoms with Crippen LogP contribution in [0.15, 0.2) is 35.2 Å². The Labute approximate surface area is 155 Å². The molecule has 1 fully saturated rings. The molecule has 3 rings (SSSR count). The fraction of sp³-hybridized carbons (Fsp3) is 0.444. The van der Waals surface area contributed by atoms with Gasteiger partial charge < -0.3 is 10.2 Å². The normalized spacial score (nSPS) is 15.9. The summed E-state index contributed by atoms with van der Waals surface area (Å²) in [6, 6.07) is 8.94. The summed E-state index contributed by atoms with van der Waals surface area (Å²) in [5, 5.41) is 3.13. The van der Waals surface area contributed by atoms with E-state index in [0.717, 1.165) is 23.6 Å². The van der Waals surface area contributed by atoms with Crippen molar-refractivity contribution in [1.29, 1.82) is 0 Å². The lowest BCUT2D eigenvalue weighted by Gasteiger charge is -2.34. The Morgan fingerprint density at radius 1 is 1.04 bits per heavy atom. The first-order valence-corrected chi connectivity index (χ1v) is 10.3. The van der Waals surface area contributed by atoms with Crippen LogP contribution in [0.2, 0.25) is 0 Å². The molecule has 26 heavy (non-hydrogen) atoms. The third-order valence-electron chi connectivity index (χ3n) is 4.40. The average Bonchev–Trinajstić information content (AvgIpc) is 2.62. The van der Waals surface area contributed by atoms with E-state index in [0.29, 0.717) is 37.0 Å². The molecular weight excluding hydrogens is 350 g/mol. The number of aromatic nitrogens is 2. The molecule has 0 radical (unpaired) electrons. The van der Waals surface area contributed by atoms with Gasteiger partial charge in [0.1, 0.15) is 5.82 Å². The van der Waals surface area contributed by atoms with Gasteiger partial charge in [0.2, 0.25) is 16.0 Å². The number of benzene rings is 1. The quantitative estimate of drug-likeness (QED) is 0.862. The molecule has 0 aliphatic carbocycles. The minimum atomic E-state index is -3.45. The molecule has 0 saturated carbocycles. The smallest absolute Gasteiger partial charge is 0.243 e. The minimum Gasteiger partial charge on any atom is -0.354 e. The second kappa shape index (κ2) is 7.59. The summed E-state index contributed by atoms with van der Waals surface area (Å²) in [5.41, 5.74) is 1.94. The molecule has 1 aromatic carbocycles. The summed E-state index contributed by atoms with van der Waals surface area (Å²) in [5.74, 6) is 1.44. The van der Waals surface area contributed by atoms with Crippen LogP contribution >= 0.6 is 0 Å². The molecule has 7 nitrogen and oxygen atoms in total. The van der Waals surface area contributed by atoms with Crippen molar-refractivity contribution < 1.29 is 8.42 Å². The first-order valence-electron chi connectivity index (χ1n) is 8.81. The van der Waals surface area contributed by atoms with E-state index in [1.165, 1.54) is 0 Å². The van der Waals surface area contributed by atoms with Gasteiger partial charge in [0.25, 0.3) is 0 Å². The Balaban J connectivity index is 1.72. The standard InChI is InChI=1S/C18H25N5O2S/c1-4-19-18-20-15(3)13-17(21-18)22-9-11-23(12-10-22)26(24,25)16-7-5-14(2)6-8-16/h5-8,13H,4,9-12H2,1-3H3,(H,19,20,21). The fourth-order valence-corrected chi connectivity index (χ4v) is 4.39. The Kier molecular flexibility index (Phi) is 5.43. The lowest BCUT2D eigenvalue weighted by atomic mass is 10.2. The number of sulfonamides is 1. The van der Waals surface area contributed by atoms with E-state index in [4.69, 9.17) is 0 Å². The van der Waals surface area contributed by atoms with Crippen LogP contribution in [0.25, 0.3) is 0 Å². The number of rotatable bonds is 5. The molecule has 140 valence electrons. The van der Waals surface area contributed by atoms with Crippen molar-refractivity contribution in [2.45, 2.75) is 25.7 Å². The molecule has 0 amide bonds. The molecule has 2 heterocycles. The molecule has 0 unspecified atom stereocenters. The summed E-state index contributed by atoms with van der Waals surface area (Å²) in [6.07, 6.45) is 0. The number of anilines is 2. The first-order chi connectivity index (χ1) is 12.4. The van der Waals surface area contributed by atoms with Gasteiger partial charge in [0.15, 0.2) is 0 Å². The Hall–Kier alpha value is -2.19. The van der Waals surface area contributed by atoms with Gasteiger partial charge in [-0.15, -0.1) is 0 Å². The van der Waals surface area contributed by atoms with Crippen molar-refractivity contribution in [1.82, 2.24) is 14.3 Å². The predicted molar refractivity (Wildman–Crippen MR) is 103 cm³/mol. The molecular formula is C18H25N5O2S. The second-order valence-electron chi connectivity index (χ2n) is 6.43. The van der Waals surface area contributed by atoms with Crippen LogP contribution in [0, 0.1) is 13.8 Å². The fourth-order valence-electron chi connectivity index (χ4n) is 2.97. The number of piperazine rings is 1. The van der Waals surface area contributed by atoms with Crippen molar-refractivity contribution in [3.8, 4) is 0 Å². The number of nitrogens with one attached hydrogen (secondary N) is 1. The summed E-state index contributed by atoms with van der Waals surface area (Å²) in [4.78, 5) is 11.4. The molecule has 1 aromatic heterocycles. The molecule has 1 saturated heterocycles. The van der Waals surface area contributed by atoms with Gasteiger partial charge in [-0.05, 0) is 32.9 Å². The zero-order valence-electron chi connectivity index (χ0n) is 15.4. The summed E-state index contributed by atoms with van der Waals surface area (Å²) in [7, 11) is -3.45. The highest BCUT2D eigenvalue weighted by Gasteiger charge is 2.29. The summed E-state index contributed by atoms with van der Waals surface area (Å²) in [6.45, 7) is 8.72. The van der Waals surface area contributed by atoms with Gasteiger partial charge in [-0.25, -0.2) is 13.4 Å². The molecule has 2 aromatic rings. The monoisotopic (exact) mass is 375 g/mol. The van der Waals surface area contributed by atoms with Gasteiger partial charge >= 0.3 is 0 Å². The number of hydrogen-bond donors (Lipinski definition) is 1. The third-order valence-corrected chi connectivity index (χ3v) is 6.31. The SMILES string of the molecule is CCNc1nc(C)cc(N2CCN(S(=O)(=O)c3ccc(C)cc3)CC2)n1. The van der Waals surface area contributed by atoms with Crippen LogP contribution in [-0.2, 0) is 10.0 Å². The molecule has 0 spiro atoms. The molecule has 8 heteroatoms. The highest BCUT2D eigenvalue weighted by Crippen LogP contribution is 2.21. The first kappa shape index (κ1) is 18.6. The van der Waals surface area contributed by atoms with E-state index in [2.05, 4.69) is 20.2 Å². The van der Waals surface area contributed by atoms with Crippen LogP contribution in [0.1, 0.15) is 18.2 Å². The van der Waals surface area contributed by atoms with Gasteiger partial charge in [0, 0.05) is 44.5 Å². The molecule has 0 atom stereocenters. The van der Waals surface area contributed by atoms with Crippen LogP contribution in [0.3, 0.4) is 0 Å². The largest absolute Gasteiger partial charge is 0.354 e. The highest BCUT2D eigenvalue weighted by atomic mass is 32.2.